The zero-order valence-electron chi connectivity index (χ0n) is 10.3. The number of thioether (sulfide) groups is 1. The number of hydrogen-bond acceptors (Lipinski definition) is 5. The zero-order valence-corrected chi connectivity index (χ0v) is 14.4. The molecule has 0 unspecified atom stereocenters. The summed E-state index contributed by atoms with van der Waals surface area (Å²) in [6, 6.07) is 9.46. The average Bonchev–Trinajstić information content (AvgIpc) is 3.03. The third-order valence-corrected chi connectivity index (χ3v) is 6.22. The van der Waals surface area contributed by atoms with Gasteiger partial charge in [0.05, 0.1) is 18.9 Å². The molecule has 3 rings (SSSR count). The first kappa shape index (κ1) is 14.1. The molecule has 3 nitrogen and oxygen atoms in total. The van der Waals surface area contributed by atoms with Gasteiger partial charge in [0.25, 0.3) is 5.91 Å². The lowest BCUT2D eigenvalue weighted by Crippen LogP contribution is -2.09. The minimum absolute atomic E-state index is 0.0883. The minimum atomic E-state index is -0.0883. The summed E-state index contributed by atoms with van der Waals surface area (Å²) in [5, 5.41) is 2.91. The molecule has 2 heterocycles. The Bertz CT molecular complexity index is 781. The van der Waals surface area contributed by atoms with Gasteiger partial charge in [0, 0.05) is 5.69 Å². The standard InChI is InChI=1S/C13H9BrN2OS3/c1-18-13-16-8-3-2-7(6-10(8)20-13)15-12(17)9-4-5-11(14)19-9/h2-6H,1H3,(H,15,17). The lowest BCUT2D eigenvalue weighted by Gasteiger charge is -2.02. The Labute approximate surface area is 136 Å². The fraction of sp³-hybridized carbons (Fsp3) is 0.0769. The van der Waals surface area contributed by atoms with Crippen LogP contribution >= 0.6 is 50.4 Å². The highest BCUT2D eigenvalue weighted by Crippen LogP contribution is 2.30. The molecule has 102 valence electrons. The van der Waals surface area contributed by atoms with Crippen molar-refractivity contribution < 1.29 is 4.79 Å². The summed E-state index contributed by atoms with van der Waals surface area (Å²) in [4.78, 5) is 17.3. The van der Waals surface area contributed by atoms with E-state index in [0.29, 0.717) is 4.88 Å². The first-order valence-corrected chi connectivity index (χ1v) is 9.32. The summed E-state index contributed by atoms with van der Waals surface area (Å²) in [7, 11) is 0. The van der Waals surface area contributed by atoms with Crippen LogP contribution in [0.2, 0.25) is 0 Å². The van der Waals surface area contributed by atoms with Gasteiger partial charge >= 0.3 is 0 Å². The lowest BCUT2D eigenvalue weighted by atomic mass is 10.3. The van der Waals surface area contributed by atoms with Crippen molar-refractivity contribution in [3.63, 3.8) is 0 Å². The molecule has 1 aromatic carbocycles. The van der Waals surface area contributed by atoms with Crippen molar-refractivity contribution in [2.75, 3.05) is 11.6 Å². The van der Waals surface area contributed by atoms with Gasteiger partial charge in [-0.25, -0.2) is 4.98 Å². The second-order valence-corrected chi connectivity index (χ2v) is 8.47. The third-order valence-electron chi connectivity index (χ3n) is 2.60. The second kappa shape index (κ2) is 5.85. The van der Waals surface area contributed by atoms with Gasteiger partial charge in [-0.3, -0.25) is 4.79 Å². The summed E-state index contributed by atoms with van der Waals surface area (Å²) in [5.41, 5.74) is 1.76. The first-order chi connectivity index (χ1) is 9.65. The van der Waals surface area contributed by atoms with Gasteiger partial charge in [0.2, 0.25) is 0 Å². The Hall–Kier alpha value is -0.890. The molecule has 0 bridgehead atoms. The molecular formula is C13H9BrN2OS3. The number of rotatable bonds is 3. The van der Waals surface area contributed by atoms with Crippen LogP contribution in [0.4, 0.5) is 5.69 Å². The summed E-state index contributed by atoms with van der Waals surface area (Å²) >= 11 is 8.04. The number of thiazole rings is 1. The van der Waals surface area contributed by atoms with Crippen LogP contribution in [0, 0.1) is 0 Å². The largest absolute Gasteiger partial charge is 0.321 e. The van der Waals surface area contributed by atoms with Gasteiger partial charge in [-0.05, 0) is 52.5 Å². The normalized spacial score (nSPS) is 10.9. The monoisotopic (exact) mass is 384 g/mol. The number of thiophene rings is 1. The van der Waals surface area contributed by atoms with E-state index < -0.39 is 0 Å². The maximum absolute atomic E-state index is 12.1. The van der Waals surface area contributed by atoms with Crippen molar-refractivity contribution in [1.82, 2.24) is 4.98 Å². The van der Waals surface area contributed by atoms with Crippen LogP contribution in [0.5, 0.6) is 0 Å². The summed E-state index contributed by atoms with van der Waals surface area (Å²) in [6.07, 6.45) is 2.01. The first-order valence-electron chi connectivity index (χ1n) is 5.67. The number of nitrogens with one attached hydrogen (secondary N) is 1. The van der Waals surface area contributed by atoms with E-state index in [4.69, 9.17) is 0 Å². The fourth-order valence-electron chi connectivity index (χ4n) is 1.70. The Morgan fingerprint density at radius 3 is 2.85 bits per heavy atom. The summed E-state index contributed by atoms with van der Waals surface area (Å²) < 4.78 is 3.07. The van der Waals surface area contributed by atoms with E-state index in [-0.39, 0.29) is 5.91 Å². The number of carbonyl (C=O) groups excluding carboxylic acids is 1. The molecule has 0 aliphatic carbocycles. The molecule has 0 spiro atoms. The van der Waals surface area contributed by atoms with E-state index in [1.165, 1.54) is 11.3 Å². The molecule has 0 saturated heterocycles. The van der Waals surface area contributed by atoms with E-state index >= 15 is 0 Å². The highest BCUT2D eigenvalue weighted by Gasteiger charge is 2.10. The van der Waals surface area contributed by atoms with Gasteiger partial charge in [-0.2, -0.15) is 0 Å². The van der Waals surface area contributed by atoms with Gasteiger partial charge in [-0.15, -0.1) is 22.7 Å². The van der Waals surface area contributed by atoms with Crippen LogP contribution in [0.1, 0.15) is 9.67 Å². The van der Waals surface area contributed by atoms with E-state index in [1.54, 1.807) is 29.2 Å². The number of nitrogens with zero attached hydrogens (tertiary/aromatic N) is 1. The molecule has 1 amide bonds. The Morgan fingerprint density at radius 1 is 1.30 bits per heavy atom. The predicted octanol–water partition coefficient (Wildman–Crippen LogP) is 5.09. The maximum atomic E-state index is 12.1. The Morgan fingerprint density at radius 2 is 2.15 bits per heavy atom. The van der Waals surface area contributed by atoms with Crippen molar-refractivity contribution in [3.8, 4) is 0 Å². The molecule has 20 heavy (non-hydrogen) atoms. The number of fused-ring (bicyclic) bond motifs is 1. The van der Waals surface area contributed by atoms with Crippen LogP contribution in [0.3, 0.4) is 0 Å². The topological polar surface area (TPSA) is 42.0 Å². The van der Waals surface area contributed by atoms with Crippen LogP contribution in [-0.4, -0.2) is 17.1 Å². The van der Waals surface area contributed by atoms with E-state index in [1.807, 2.05) is 30.5 Å². The van der Waals surface area contributed by atoms with Gasteiger partial charge < -0.3 is 5.32 Å². The molecule has 0 aliphatic heterocycles. The molecule has 0 fully saturated rings. The number of carbonyl (C=O) groups is 1. The molecule has 0 saturated carbocycles. The SMILES string of the molecule is CSc1nc2ccc(NC(=O)c3ccc(Br)s3)cc2s1. The molecule has 7 heteroatoms. The average molecular weight is 385 g/mol. The van der Waals surface area contributed by atoms with Gasteiger partial charge in [-0.1, -0.05) is 11.8 Å². The smallest absolute Gasteiger partial charge is 0.265 e. The number of aromatic nitrogens is 1. The van der Waals surface area contributed by atoms with E-state index in [2.05, 4.69) is 26.2 Å². The van der Waals surface area contributed by atoms with Crippen molar-refractivity contribution in [2.45, 2.75) is 4.34 Å². The van der Waals surface area contributed by atoms with Crippen molar-refractivity contribution in [1.29, 1.82) is 0 Å². The summed E-state index contributed by atoms with van der Waals surface area (Å²) in [5.74, 6) is -0.0883. The van der Waals surface area contributed by atoms with Gasteiger partial charge in [0.15, 0.2) is 4.34 Å². The minimum Gasteiger partial charge on any atom is -0.321 e. The van der Waals surface area contributed by atoms with E-state index in [0.717, 1.165) is 24.0 Å². The number of anilines is 1. The maximum Gasteiger partial charge on any atom is 0.265 e. The molecule has 0 radical (unpaired) electrons. The Balaban J connectivity index is 1.85. The molecule has 1 N–H and O–H groups in total. The highest BCUT2D eigenvalue weighted by atomic mass is 79.9. The predicted molar refractivity (Wildman–Crippen MR) is 91.4 cm³/mol. The molecule has 2 aromatic heterocycles. The van der Waals surface area contributed by atoms with Crippen molar-refractivity contribution in [3.05, 3.63) is 39.0 Å². The zero-order chi connectivity index (χ0) is 14.1. The quantitative estimate of drug-likeness (QED) is 0.639. The van der Waals surface area contributed by atoms with Crippen LogP contribution in [0.15, 0.2) is 38.5 Å². The van der Waals surface area contributed by atoms with Gasteiger partial charge in [0.1, 0.15) is 0 Å². The Kier molecular flexibility index (Phi) is 4.11. The van der Waals surface area contributed by atoms with Crippen molar-refractivity contribution >= 4 is 72.2 Å². The molecule has 0 aliphatic rings. The molecule has 3 aromatic rings. The summed E-state index contributed by atoms with van der Waals surface area (Å²) in [6.45, 7) is 0. The van der Waals surface area contributed by atoms with Crippen LogP contribution < -0.4 is 5.32 Å². The van der Waals surface area contributed by atoms with Crippen LogP contribution in [-0.2, 0) is 0 Å². The van der Waals surface area contributed by atoms with Crippen LogP contribution in [0.25, 0.3) is 10.2 Å². The molecule has 0 atom stereocenters. The number of benzene rings is 1. The second-order valence-electron chi connectivity index (χ2n) is 3.92. The lowest BCUT2D eigenvalue weighted by molar-refractivity contribution is 0.103. The third kappa shape index (κ3) is 2.90. The molecular weight excluding hydrogens is 376 g/mol. The van der Waals surface area contributed by atoms with E-state index in [9.17, 15) is 4.79 Å². The van der Waals surface area contributed by atoms with Crippen molar-refractivity contribution in [2.24, 2.45) is 0 Å². The fourth-order valence-corrected chi connectivity index (χ4v) is 4.51. The number of hydrogen-bond donors (Lipinski definition) is 1. The highest BCUT2D eigenvalue weighted by molar-refractivity contribution is 9.11. The number of amides is 1. The number of halogens is 1.